The lowest BCUT2D eigenvalue weighted by Crippen LogP contribution is -2.45. The van der Waals surface area contributed by atoms with Crippen LogP contribution in [-0.4, -0.2) is 53.2 Å². The minimum Gasteiger partial charge on any atom is -0.493 e. The highest BCUT2D eigenvalue weighted by Gasteiger charge is 2.17. The standard InChI is InChI=1S/C10H16N4O2/c1-7-8(15)11-10(12-9(7)16)14-5-3-13(2)4-6-14/h3-6H2,1-2H3,(H2,11,12,15,16). The van der Waals surface area contributed by atoms with Gasteiger partial charge < -0.3 is 14.9 Å². The maximum atomic E-state index is 11.5. The van der Waals surface area contributed by atoms with Crippen LogP contribution in [0.25, 0.3) is 0 Å². The van der Waals surface area contributed by atoms with E-state index in [1.807, 2.05) is 4.90 Å². The Kier molecular flexibility index (Phi) is 2.82. The summed E-state index contributed by atoms with van der Waals surface area (Å²) in [7, 11) is 2.06. The zero-order valence-electron chi connectivity index (χ0n) is 9.53. The smallest absolute Gasteiger partial charge is 0.259 e. The fourth-order valence-corrected chi connectivity index (χ4v) is 1.68. The SMILES string of the molecule is Cc1c(O)nc(N2CCN(C)CC2)[nH]c1=O. The molecule has 0 radical (unpaired) electrons. The quantitative estimate of drug-likeness (QED) is 0.675. The third kappa shape index (κ3) is 2.01. The molecule has 6 nitrogen and oxygen atoms in total. The number of aromatic nitrogens is 2. The predicted molar refractivity (Wildman–Crippen MR) is 61.0 cm³/mol. The number of aromatic hydroxyl groups is 1. The molecule has 0 amide bonds. The normalized spacial score (nSPS) is 17.8. The van der Waals surface area contributed by atoms with Gasteiger partial charge in [-0.25, -0.2) is 0 Å². The second-order valence-electron chi connectivity index (χ2n) is 4.13. The van der Waals surface area contributed by atoms with Crippen molar-refractivity contribution in [1.29, 1.82) is 0 Å². The molecule has 1 aliphatic heterocycles. The number of hydrogen-bond donors (Lipinski definition) is 2. The first-order chi connectivity index (χ1) is 7.58. The Balaban J connectivity index is 2.24. The lowest BCUT2D eigenvalue weighted by molar-refractivity contribution is 0.310. The van der Waals surface area contributed by atoms with Crippen LogP contribution in [0, 0.1) is 6.92 Å². The van der Waals surface area contributed by atoms with Crippen LogP contribution >= 0.6 is 0 Å². The number of likely N-dealkylation sites (N-methyl/N-ethyl adjacent to an activating group) is 1. The minimum absolute atomic E-state index is 0.183. The van der Waals surface area contributed by atoms with Gasteiger partial charge in [-0.05, 0) is 14.0 Å². The topological polar surface area (TPSA) is 72.5 Å². The highest BCUT2D eigenvalue weighted by atomic mass is 16.3. The second kappa shape index (κ2) is 4.13. The Labute approximate surface area is 93.5 Å². The number of nitrogens with one attached hydrogen (secondary N) is 1. The maximum absolute atomic E-state index is 11.5. The molecule has 1 aromatic heterocycles. The van der Waals surface area contributed by atoms with Gasteiger partial charge in [0.05, 0.1) is 5.56 Å². The Bertz CT molecular complexity index is 435. The van der Waals surface area contributed by atoms with Crippen LogP contribution in [0.5, 0.6) is 5.88 Å². The Hall–Kier alpha value is -1.56. The van der Waals surface area contributed by atoms with Gasteiger partial charge in [0, 0.05) is 26.2 Å². The highest BCUT2D eigenvalue weighted by Crippen LogP contribution is 2.14. The third-order valence-electron chi connectivity index (χ3n) is 2.92. The predicted octanol–water partition coefficient (Wildman–Crippen LogP) is -0.464. The van der Waals surface area contributed by atoms with Gasteiger partial charge in [-0.3, -0.25) is 9.78 Å². The van der Waals surface area contributed by atoms with Gasteiger partial charge in [0.1, 0.15) is 0 Å². The number of H-pyrrole nitrogens is 1. The van der Waals surface area contributed by atoms with Crippen molar-refractivity contribution in [2.75, 3.05) is 38.1 Å². The molecule has 1 aliphatic rings. The van der Waals surface area contributed by atoms with Crippen LogP contribution < -0.4 is 10.5 Å². The van der Waals surface area contributed by atoms with E-state index < -0.39 is 0 Å². The summed E-state index contributed by atoms with van der Waals surface area (Å²) in [4.78, 5) is 22.3. The number of anilines is 1. The molecular formula is C10H16N4O2. The van der Waals surface area contributed by atoms with Gasteiger partial charge in [0.25, 0.3) is 5.56 Å². The first-order valence-corrected chi connectivity index (χ1v) is 5.31. The number of nitrogens with zero attached hydrogens (tertiary/aromatic N) is 3. The van der Waals surface area contributed by atoms with Crippen molar-refractivity contribution >= 4 is 5.95 Å². The van der Waals surface area contributed by atoms with Crippen molar-refractivity contribution in [2.24, 2.45) is 0 Å². The largest absolute Gasteiger partial charge is 0.493 e. The zero-order chi connectivity index (χ0) is 11.7. The minimum atomic E-state index is -0.276. The molecule has 88 valence electrons. The molecule has 1 saturated heterocycles. The lowest BCUT2D eigenvalue weighted by Gasteiger charge is -2.32. The fourth-order valence-electron chi connectivity index (χ4n) is 1.68. The Morgan fingerprint density at radius 3 is 2.50 bits per heavy atom. The monoisotopic (exact) mass is 224 g/mol. The van der Waals surface area contributed by atoms with Crippen LogP contribution in [-0.2, 0) is 0 Å². The second-order valence-corrected chi connectivity index (χ2v) is 4.13. The summed E-state index contributed by atoms with van der Waals surface area (Å²) in [5.74, 6) is 0.277. The van der Waals surface area contributed by atoms with E-state index in [1.54, 1.807) is 6.92 Å². The summed E-state index contributed by atoms with van der Waals surface area (Å²) in [6.45, 7) is 5.02. The van der Waals surface area contributed by atoms with Crippen molar-refractivity contribution in [2.45, 2.75) is 6.92 Å². The molecule has 0 unspecified atom stereocenters. The van der Waals surface area contributed by atoms with Crippen LogP contribution in [0.4, 0.5) is 5.95 Å². The highest BCUT2D eigenvalue weighted by molar-refractivity contribution is 5.35. The molecule has 0 atom stereocenters. The summed E-state index contributed by atoms with van der Waals surface area (Å²) >= 11 is 0. The van der Waals surface area contributed by atoms with Crippen LogP contribution in [0.3, 0.4) is 0 Å². The van der Waals surface area contributed by atoms with Gasteiger partial charge in [-0.15, -0.1) is 0 Å². The molecule has 0 aromatic carbocycles. The van der Waals surface area contributed by atoms with Crippen molar-refractivity contribution in [3.8, 4) is 5.88 Å². The number of rotatable bonds is 1. The van der Waals surface area contributed by atoms with Crippen molar-refractivity contribution in [1.82, 2.24) is 14.9 Å². The van der Waals surface area contributed by atoms with E-state index in [-0.39, 0.29) is 17.0 Å². The molecule has 1 fully saturated rings. The maximum Gasteiger partial charge on any atom is 0.259 e. The molecule has 16 heavy (non-hydrogen) atoms. The Morgan fingerprint density at radius 2 is 1.94 bits per heavy atom. The van der Waals surface area contributed by atoms with E-state index in [4.69, 9.17) is 0 Å². The van der Waals surface area contributed by atoms with Gasteiger partial charge in [-0.1, -0.05) is 0 Å². The fraction of sp³-hybridized carbons (Fsp3) is 0.600. The van der Waals surface area contributed by atoms with Crippen molar-refractivity contribution in [3.05, 3.63) is 15.9 Å². The summed E-state index contributed by atoms with van der Waals surface area (Å²) in [6, 6.07) is 0. The van der Waals surface area contributed by atoms with E-state index in [2.05, 4.69) is 21.9 Å². The molecule has 0 saturated carbocycles. The van der Waals surface area contributed by atoms with Crippen LogP contribution in [0.15, 0.2) is 4.79 Å². The number of hydrogen-bond acceptors (Lipinski definition) is 5. The summed E-state index contributed by atoms with van der Waals surface area (Å²) in [5, 5.41) is 9.50. The van der Waals surface area contributed by atoms with Gasteiger partial charge in [-0.2, -0.15) is 4.98 Å². The lowest BCUT2D eigenvalue weighted by atomic mass is 10.3. The van der Waals surface area contributed by atoms with E-state index >= 15 is 0 Å². The first kappa shape index (κ1) is 10.9. The van der Waals surface area contributed by atoms with Gasteiger partial charge in [0.2, 0.25) is 11.8 Å². The third-order valence-corrected chi connectivity index (χ3v) is 2.92. The first-order valence-electron chi connectivity index (χ1n) is 5.31. The van der Waals surface area contributed by atoms with Crippen LogP contribution in [0.2, 0.25) is 0 Å². The Morgan fingerprint density at radius 1 is 1.31 bits per heavy atom. The molecular weight excluding hydrogens is 208 g/mol. The average molecular weight is 224 g/mol. The van der Waals surface area contributed by atoms with Crippen LogP contribution in [0.1, 0.15) is 5.56 Å². The van der Waals surface area contributed by atoms with E-state index in [9.17, 15) is 9.90 Å². The summed E-state index contributed by atoms with van der Waals surface area (Å²) in [6.07, 6.45) is 0. The summed E-state index contributed by atoms with van der Waals surface area (Å²) < 4.78 is 0. The van der Waals surface area contributed by atoms with E-state index in [1.165, 1.54) is 0 Å². The molecule has 0 bridgehead atoms. The summed E-state index contributed by atoms with van der Waals surface area (Å²) in [5.41, 5.74) is -0.0145. The number of piperazine rings is 1. The van der Waals surface area contributed by atoms with Crippen molar-refractivity contribution < 1.29 is 5.11 Å². The van der Waals surface area contributed by atoms with E-state index in [0.29, 0.717) is 5.95 Å². The molecule has 1 aromatic rings. The van der Waals surface area contributed by atoms with Gasteiger partial charge in [0.15, 0.2) is 0 Å². The van der Waals surface area contributed by atoms with Crippen molar-refractivity contribution in [3.63, 3.8) is 0 Å². The number of aromatic amines is 1. The van der Waals surface area contributed by atoms with E-state index in [0.717, 1.165) is 26.2 Å². The molecule has 0 spiro atoms. The molecule has 2 heterocycles. The zero-order valence-corrected chi connectivity index (χ0v) is 9.53. The molecule has 6 heteroatoms. The molecule has 2 N–H and O–H groups in total. The van der Waals surface area contributed by atoms with Gasteiger partial charge >= 0.3 is 0 Å². The molecule has 2 rings (SSSR count). The average Bonchev–Trinajstić information content (AvgIpc) is 2.26. The molecule has 0 aliphatic carbocycles.